The quantitative estimate of drug-likeness (QED) is 0.763. The van der Waals surface area contributed by atoms with Crippen LogP contribution in [0.15, 0.2) is 4.52 Å². The molecule has 1 rings (SSSR count). The molecule has 0 bridgehead atoms. The molecule has 0 saturated carbocycles. The van der Waals surface area contributed by atoms with Crippen molar-refractivity contribution in [2.24, 2.45) is 11.7 Å². The zero-order valence-corrected chi connectivity index (χ0v) is 9.47. The zero-order valence-electron chi connectivity index (χ0n) is 9.47. The molecule has 86 valence electrons. The Morgan fingerprint density at radius 3 is 2.60 bits per heavy atom. The molecule has 0 saturated heterocycles. The number of hydrogen-bond acceptors (Lipinski definition) is 5. The van der Waals surface area contributed by atoms with Gasteiger partial charge in [0.1, 0.15) is 6.04 Å². The Balaban J connectivity index is 2.56. The van der Waals surface area contributed by atoms with E-state index in [1.54, 1.807) is 6.92 Å². The molecule has 15 heavy (non-hydrogen) atoms. The maximum atomic E-state index is 9.25. The van der Waals surface area contributed by atoms with Gasteiger partial charge < -0.3 is 15.4 Å². The first-order valence-corrected chi connectivity index (χ1v) is 5.26. The molecule has 0 amide bonds. The van der Waals surface area contributed by atoms with Crippen molar-refractivity contribution in [3.63, 3.8) is 0 Å². The second-order valence-electron chi connectivity index (χ2n) is 4.25. The second kappa shape index (κ2) is 5.23. The van der Waals surface area contributed by atoms with Crippen molar-refractivity contribution in [1.29, 1.82) is 0 Å². The Labute approximate surface area is 89.7 Å². The average Bonchev–Trinajstić information content (AvgIpc) is 2.61. The Kier molecular flexibility index (Phi) is 4.23. The summed E-state index contributed by atoms with van der Waals surface area (Å²) in [4.78, 5) is 4.14. The van der Waals surface area contributed by atoms with E-state index < -0.39 is 12.1 Å². The van der Waals surface area contributed by atoms with E-state index in [0.717, 1.165) is 12.8 Å². The van der Waals surface area contributed by atoms with E-state index in [0.29, 0.717) is 17.6 Å². The fourth-order valence-electron chi connectivity index (χ4n) is 1.13. The molecule has 0 aromatic carbocycles. The minimum absolute atomic E-state index is 0.309. The lowest BCUT2D eigenvalue weighted by molar-refractivity contribution is 0.146. The standard InChI is InChI=1S/C10H19N3O2/c1-6(2)4-5-8-12-10(15-13-8)9(11)7(3)14/h6-7,9,14H,4-5,11H2,1-3H3. The molecular weight excluding hydrogens is 194 g/mol. The first-order valence-electron chi connectivity index (χ1n) is 5.26. The predicted octanol–water partition coefficient (Wildman–Crippen LogP) is 1.04. The van der Waals surface area contributed by atoms with E-state index in [-0.39, 0.29) is 0 Å². The molecule has 0 aliphatic heterocycles. The first kappa shape index (κ1) is 12.1. The number of aromatic nitrogens is 2. The average molecular weight is 213 g/mol. The summed E-state index contributed by atoms with van der Waals surface area (Å²) in [7, 11) is 0. The van der Waals surface area contributed by atoms with Crippen LogP contribution in [0.4, 0.5) is 0 Å². The van der Waals surface area contributed by atoms with Gasteiger partial charge in [0.15, 0.2) is 5.82 Å². The van der Waals surface area contributed by atoms with Crippen LogP contribution in [-0.2, 0) is 6.42 Å². The molecule has 2 unspecified atom stereocenters. The largest absolute Gasteiger partial charge is 0.391 e. The van der Waals surface area contributed by atoms with Gasteiger partial charge in [0.2, 0.25) is 5.89 Å². The third kappa shape index (κ3) is 3.60. The lowest BCUT2D eigenvalue weighted by atomic mass is 10.1. The number of hydrogen-bond donors (Lipinski definition) is 2. The maximum Gasteiger partial charge on any atom is 0.246 e. The van der Waals surface area contributed by atoms with Crippen molar-refractivity contribution in [2.45, 2.75) is 45.8 Å². The highest BCUT2D eigenvalue weighted by molar-refractivity contribution is 4.93. The highest BCUT2D eigenvalue weighted by Gasteiger charge is 2.19. The molecule has 3 N–H and O–H groups in total. The van der Waals surface area contributed by atoms with Gasteiger partial charge in [-0.15, -0.1) is 0 Å². The summed E-state index contributed by atoms with van der Waals surface area (Å²) in [5, 5.41) is 13.1. The van der Waals surface area contributed by atoms with Crippen LogP contribution >= 0.6 is 0 Å². The molecule has 1 heterocycles. The summed E-state index contributed by atoms with van der Waals surface area (Å²) in [6.07, 6.45) is 1.12. The molecule has 0 radical (unpaired) electrons. The fraction of sp³-hybridized carbons (Fsp3) is 0.800. The summed E-state index contributed by atoms with van der Waals surface area (Å²) in [5.74, 6) is 1.58. The topological polar surface area (TPSA) is 85.2 Å². The molecule has 2 atom stereocenters. The van der Waals surface area contributed by atoms with Crippen molar-refractivity contribution in [3.8, 4) is 0 Å². The van der Waals surface area contributed by atoms with E-state index in [1.165, 1.54) is 0 Å². The SMILES string of the molecule is CC(C)CCc1noc(C(N)C(C)O)n1. The molecular formula is C10H19N3O2. The van der Waals surface area contributed by atoms with Crippen LogP contribution in [0, 0.1) is 5.92 Å². The summed E-state index contributed by atoms with van der Waals surface area (Å²) >= 11 is 0. The van der Waals surface area contributed by atoms with Gasteiger partial charge in [0.25, 0.3) is 0 Å². The van der Waals surface area contributed by atoms with Crippen LogP contribution in [-0.4, -0.2) is 21.4 Å². The molecule has 5 heteroatoms. The van der Waals surface area contributed by atoms with Crippen molar-refractivity contribution >= 4 is 0 Å². The van der Waals surface area contributed by atoms with E-state index in [1.807, 2.05) is 0 Å². The van der Waals surface area contributed by atoms with Crippen LogP contribution in [0.1, 0.15) is 44.9 Å². The monoisotopic (exact) mass is 213 g/mol. The summed E-state index contributed by atoms with van der Waals surface area (Å²) < 4.78 is 4.97. The van der Waals surface area contributed by atoms with Crippen LogP contribution < -0.4 is 5.73 Å². The van der Waals surface area contributed by atoms with Crippen LogP contribution in [0.3, 0.4) is 0 Å². The lowest BCUT2D eigenvalue weighted by Crippen LogP contribution is -2.23. The summed E-state index contributed by atoms with van der Waals surface area (Å²) in [5.41, 5.74) is 5.66. The number of aliphatic hydroxyl groups is 1. The molecule has 5 nitrogen and oxygen atoms in total. The lowest BCUT2D eigenvalue weighted by Gasteiger charge is -2.08. The molecule has 1 aromatic heterocycles. The number of aliphatic hydroxyl groups excluding tert-OH is 1. The van der Waals surface area contributed by atoms with Crippen LogP contribution in [0.2, 0.25) is 0 Å². The van der Waals surface area contributed by atoms with Crippen LogP contribution in [0.5, 0.6) is 0 Å². The smallest absolute Gasteiger partial charge is 0.246 e. The van der Waals surface area contributed by atoms with Gasteiger partial charge in [0, 0.05) is 6.42 Å². The highest BCUT2D eigenvalue weighted by atomic mass is 16.5. The highest BCUT2D eigenvalue weighted by Crippen LogP contribution is 2.13. The van der Waals surface area contributed by atoms with Gasteiger partial charge >= 0.3 is 0 Å². The third-order valence-electron chi connectivity index (χ3n) is 2.23. The Hall–Kier alpha value is -0.940. The van der Waals surface area contributed by atoms with E-state index in [2.05, 4.69) is 24.0 Å². The van der Waals surface area contributed by atoms with E-state index in [9.17, 15) is 5.11 Å². The molecule has 1 aromatic rings. The minimum atomic E-state index is -0.677. The van der Waals surface area contributed by atoms with Gasteiger partial charge in [-0.05, 0) is 19.3 Å². The number of nitrogens with two attached hydrogens (primary N) is 1. The number of aryl methyl sites for hydroxylation is 1. The molecule has 0 spiro atoms. The predicted molar refractivity (Wildman–Crippen MR) is 56.1 cm³/mol. The van der Waals surface area contributed by atoms with Crippen LogP contribution in [0.25, 0.3) is 0 Å². The van der Waals surface area contributed by atoms with Crippen molar-refractivity contribution in [1.82, 2.24) is 10.1 Å². The van der Waals surface area contributed by atoms with E-state index in [4.69, 9.17) is 10.3 Å². The normalized spacial score (nSPS) is 15.6. The molecule has 0 fully saturated rings. The van der Waals surface area contributed by atoms with Crippen molar-refractivity contribution < 1.29 is 9.63 Å². The van der Waals surface area contributed by atoms with Gasteiger partial charge in [-0.3, -0.25) is 0 Å². The molecule has 0 aliphatic carbocycles. The Morgan fingerprint density at radius 2 is 2.07 bits per heavy atom. The summed E-state index contributed by atoms with van der Waals surface area (Å²) in [6.45, 7) is 5.88. The number of nitrogens with zero attached hydrogens (tertiary/aromatic N) is 2. The zero-order chi connectivity index (χ0) is 11.4. The van der Waals surface area contributed by atoms with Gasteiger partial charge in [-0.2, -0.15) is 4.98 Å². The van der Waals surface area contributed by atoms with Crippen molar-refractivity contribution in [2.75, 3.05) is 0 Å². The van der Waals surface area contributed by atoms with Gasteiger partial charge in [-0.1, -0.05) is 19.0 Å². The second-order valence-corrected chi connectivity index (χ2v) is 4.25. The van der Waals surface area contributed by atoms with Gasteiger partial charge in [-0.25, -0.2) is 0 Å². The minimum Gasteiger partial charge on any atom is -0.391 e. The van der Waals surface area contributed by atoms with Gasteiger partial charge in [0.05, 0.1) is 6.10 Å². The Bertz CT molecular complexity index is 297. The number of rotatable bonds is 5. The third-order valence-corrected chi connectivity index (χ3v) is 2.23. The maximum absolute atomic E-state index is 9.25. The van der Waals surface area contributed by atoms with Crippen molar-refractivity contribution in [3.05, 3.63) is 11.7 Å². The first-order chi connectivity index (χ1) is 7.00. The fourth-order valence-corrected chi connectivity index (χ4v) is 1.13. The Morgan fingerprint density at radius 1 is 1.40 bits per heavy atom. The summed E-state index contributed by atoms with van der Waals surface area (Å²) in [6, 6.07) is -0.592. The van der Waals surface area contributed by atoms with E-state index >= 15 is 0 Å². The molecule has 0 aliphatic rings.